The van der Waals surface area contributed by atoms with Gasteiger partial charge in [0.1, 0.15) is 0 Å². The lowest BCUT2D eigenvalue weighted by Gasteiger charge is -2.34. The Morgan fingerprint density at radius 3 is 2.33 bits per heavy atom. The van der Waals surface area contributed by atoms with Crippen molar-refractivity contribution in [1.82, 2.24) is 0 Å². The second-order valence-corrected chi connectivity index (χ2v) is 5.78. The molecule has 1 rings (SSSR count). The minimum Gasteiger partial charge on any atom is -0.229 e. The number of rotatable bonds is 3. The highest BCUT2D eigenvalue weighted by atomic mass is 32.2. The average molecular weight is 187 g/mol. The number of sulfone groups is 1. The van der Waals surface area contributed by atoms with Gasteiger partial charge in [-0.15, -0.1) is 0 Å². The predicted molar refractivity (Wildman–Crippen MR) is 46.2 cm³/mol. The van der Waals surface area contributed by atoms with Crippen molar-refractivity contribution in [2.24, 2.45) is 5.41 Å². The third-order valence-electron chi connectivity index (χ3n) is 2.48. The summed E-state index contributed by atoms with van der Waals surface area (Å²) in [5, 5.41) is 8.78. The lowest BCUT2D eigenvalue weighted by atomic mass is 9.72. The number of hydrogen-bond donors (Lipinski definition) is 0. The van der Waals surface area contributed by atoms with Gasteiger partial charge in [-0.05, 0) is 12.8 Å². The van der Waals surface area contributed by atoms with Crippen LogP contribution in [0, 0.1) is 16.7 Å². The molecule has 0 aliphatic heterocycles. The van der Waals surface area contributed by atoms with Gasteiger partial charge < -0.3 is 0 Å². The summed E-state index contributed by atoms with van der Waals surface area (Å²) in [7, 11) is -2.97. The van der Waals surface area contributed by atoms with Crippen LogP contribution >= 0.6 is 0 Å². The largest absolute Gasteiger partial charge is 0.229 e. The summed E-state index contributed by atoms with van der Waals surface area (Å²) >= 11 is 0. The lowest BCUT2D eigenvalue weighted by Crippen LogP contribution is -2.35. The number of nitriles is 1. The van der Waals surface area contributed by atoms with Gasteiger partial charge in [-0.2, -0.15) is 5.26 Å². The molecule has 0 radical (unpaired) electrons. The minimum atomic E-state index is -2.97. The molecule has 0 unspecified atom stereocenters. The fourth-order valence-corrected chi connectivity index (χ4v) is 2.81. The smallest absolute Gasteiger partial charge is 0.151 e. The van der Waals surface area contributed by atoms with Crippen LogP contribution in [0.25, 0.3) is 0 Å². The SMILES string of the molecule is CCS(=O)(=O)CC1(C#N)CCC1. The maximum atomic E-state index is 11.2. The molecule has 0 heterocycles. The second-order valence-electron chi connectivity index (χ2n) is 3.42. The molecule has 0 spiro atoms. The van der Waals surface area contributed by atoms with Gasteiger partial charge in [0, 0.05) is 5.75 Å². The topological polar surface area (TPSA) is 57.9 Å². The van der Waals surface area contributed by atoms with E-state index in [2.05, 4.69) is 6.07 Å². The quantitative estimate of drug-likeness (QED) is 0.665. The Labute approximate surface area is 73.3 Å². The Morgan fingerprint density at radius 1 is 1.50 bits per heavy atom. The molecule has 12 heavy (non-hydrogen) atoms. The fourth-order valence-electron chi connectivity index (χ4n) is 1.41. The summed E-state index contributed by atoms with van der Waals surface area (Å²) in [6.07, 6.45) is 2.50. The monoisotopic (exact) mass is 187 g/mol. The highest BCUT2D eigenvalue weighted by Crippen LogP contribution is 2.41. The van der Waals surface area contributed by atoms with Gasteiger partial charge in [-0.3, -0.25) is 0 Å². The van der Waals surface area contributed by atoms with E-state index in [0.717, 1.165) is 19.3 Å². The van der Waals surface area contributed by atoms with Crippen LogP contribution in [0.2, 0.25) is 0 Å². The van der Waals surface area contributed by atoms with Gasteiger partial charge in [-0.25, -0.2) is 8.42 Å². The van der Waals surface area contributed by atoms with Crippen LogP contribution in [0.5, 0.6) is 0 Å². The number of nitrogens with zero attached hydrogens (tertiary/aromatic N) is 1. The first-order valence-electron chi connectivity index (χ1n) is 4.15. The van der Waals surface area contributed by atoms with E-state index >= 15 is 0 Å². The van der Waals surface area contributed by atoms with Crippen molar-refractivity contribution in [3.05, 3.63) is 0 Å². The van der Waals surface area contributed by atoms with Crippen LogP contribution in [-0.4, -0.2) is 19.9 Å². The zero-order valence-electron chi connectivity index (χ0n) is 7.21. The molecule has 1 aliphatic carbocycles. The average Bonchev–Trinajstić information content (AvgIpc) is 1.97. The van der Waals surface area contributed by atoms with Gasteiger partial charge in [0.05, 0.1) is 17.2 Å². The van der Waals surface area contributed by atoms with E-state index in [0.29, 0.717) is 0 Å². The van der Waals surface area contributed by atoms with Gasteiger partial charge in [0.2, 0.25) is 0 Å². The van der Waals surface area contributed by atoms with Crippen molar-refractivity contribution in [1.29, 1.82) is 5.26 Å². The molecular formula is C8H13NO2S. The minimum absolute atomic E-state index is 0.0625. The summed E-state index contributed by atoms with van der Waals surface area (Å²) in [5.41, 5.74) is -0.533. The molecule has 0 N–H and O–H groups in total. The molecule has 1 saturated carbocycles. The van der Waals surface area contributed by atoms with Gasteiger partial charge in [0.25, 0.3) is 0 Å². The number of hydrogen-bond acceptors (Lipinski definition) is 3. The van der Waals surface area contributed by atoms with Crippen molar-refractivity contribution < 1.29 is 8.42 Å². The van der Waals surface area contributed by atoms with Crippen molar-refractivity contribution in [2.45, 2.75) is 26.2 Å². The molecule has 0 amide bonds. The van der Waals surface area contributed by atoms with Gasteiger partial charge >= 0.3 is 0 Å². The standard InChI is InChI=1S/C8H13NO2S/c1-2-12(10,11)7-8(6-9)4-3-5-8/h2-5,7H2,1H3. The summed E-state index contributed by atoms with van der Waals surface area (Å²) in [5.74, 6) is 0.212. The van der Waals surface area contributed by atoms with Crippen LogP contribution < -0.4 is 0 Å². The zero-order chi connectivity index (χ0) is 9.24. The van der Waals surface area contributed by atoms with Gasteiger partial charge in [0.15, 0.2) is 9.84 Å². The van der Waals surface area contributed by atoms with Gasteiger partial charge in [-0.1, -0.05) is 13.3 Å². The molecule has 0 aromatic carbocycles. The summed E-state index contributed by atoms with van der Waals surface area (Å²) in [4.78, 5) is 0. The molecule has 3 nitrogen and oxygen atoms in total. The van der Waals surface area contributed by atoms with Crippen molar-refractivity contribution in [3.63, 3.8) is 0 Å². The first kappa shape index (κ1) is 9.53. The Morgan fingerprint density at radius 2 is 2.08 bits per heavy atom. The van der Waals surface area contributed by atoms with E-state index < -0.39 is 15.3 Å². The first-order chi connectivity index (χ1) is 5.54. The van der Waals surface area contributed by atoms with Crippen LogP contribution in [0.15, 0.2) is 0 Å². The van der Waals surface area contributed by atoms with E-state index in [9.17, 15) is 8.42 Å². The molecule has 1 fully saturated rings. The summed E-state index contributed by atoms with van der Waals surface area (Å²) in [6, 6.07) is 2.13. The second kappa shape index (κ2) is 3.06. The highest BCUT2D eigenvalue weighted by Gasteiger charge is 2.40. The molecule has 68 valence electrons. The third kappa shape index (κ3) is 1.78. The van der Waals surface area contributed by atoms with Crippen molar-refractivity contribution in [2.75, 3.05) is 11.5 Å². The molecule has 0 aromatic heterocycles. The Bertz CT molecular complexity index is 296. The van der Waals surface area contributed by atoms with E-state index in [1.165, 1.54) is 0 Å². The van der Waals surface area contributed by atoms with E-state index in [1.807, 2.05) is 0 Å². The molecule has 4 heteroatoms. The van der Waals surface area contributed by atoms with Crippen LogP contribution in [-0.2, 0) is 9.84 Å². The molecule has 0 aromatic rings. The molecular weight excluding hydrogens is 174 g/mol. The van der Waals surface area contributed by atoms with E-state index in [4.69, 9.17) is 5.26 Å². The van der Waals surface area contributed by atoms with Crippen LogP contribution in [0.4, 0.5) is 0 Å². The fraction of sp³-hybridized carbons (Fsp3) is 0.875. The molecule has 0 atom stereocenters. The van der Waals surface area contributed by atoms with Crippen LogP contribution in [0.3, 0.4) is 0 Å². The Kier molecular flexibility index (Phi) is 2.43. The van der Waals surface area contributed by atoms with Crippen molar-refractivity contribution >= 4 is 9.84 Å². The Balaban J connectivity index is 2.68. The summed E-state index contributed by atoms with van der Waals surface area (Å²) in [6.45, 7) is 1.62. The highest BCUT2D eigenvalue weighted by molar-refractivity contribution is 7.91. The van der Waals surface area contributed by atoms with E-state index in [1.54, 1.807) is 6.92 Å². The third-order valence-corrected chi connectivity index (χ3v) is 4.36. The maximum Gasteiger partial charge on any atom is 0.151 e. The predicted octanol–water partition coefficient (Wildman–Crippen LogP) is 1.11. The lowest BCUT2D eigenvalue weighted by molar-refractivity contribution is 0.247. The maximum absolute atomic E-state index is 11.2. The molecule has 0 bridgehead atoms. The molecule has 0 saturated heterocycles. The first-order valence-corrected chi connectivity index (χ1v) is 5.97. The Hall–Kier alpha value is -0.560. The normalized spacial score (nSPS) is 21.0. The zero-order valence-corrected chi connectivity index (χ0v) is 8.02. The molecule has 1 aliphatic rings. The van der Waals surface area contributed by atoms with Crippen LogP contribution in [0.1, 0.15) is 26.2 Å². The van der Waals surface area contributed by atoms with Crippen molar-refractivity contribution in [3.8, 4) is 6.07 Å². The van der Waals surface area contributed by atoms with E-state index in [-0.39, 0.29) is 11.5 Å². The summed E-state index contributed by atoms with van der Waals surface area (Å²) < 4.78 is 22.4.